The zero-order valence-electron chi connectivity index (χ0n) is 10.3. The second-order valence-corrected chi connectivity index (χ2v) is 4.36. The molecule has 0 atom stereocenters. The van der Waals surface area contributed by atoms with E-state index in [1.54, 1.807) is 0 Å². The van der Waals surface area contributed by atoms with Crippen LogP contribution in [0.25, 0.3) is 0 Å². The minimum atomic E-state index is -0.536. The zero-order chi connectivity index (χ0) is 13.1. The van der Waals surface area contributed by atoms with E-state index in [0.717, 1.165) is 31.8 Å². The monoisotopic (exact) mass is 306 g/mol. The van der Waals surface area contributed by atoms with Crippen LogP contribution in [0.3, 0.4) is 0 Å². The fraction of sp³-hybridized carbons (Fsp3) is 0.667. The predicted molar refractivity (Wildman–Crippen MR) is 68.7 cm³/mol. The average Bonchev–Trinajstić information content (AvgIpc) is 2.29. The Kier molecular flexibility index (Phi) is 9.81. The number of hydrogen-bond acceptors (Lipinski definition) is 4. The summed E-state index contributed by atoms with van der Waals surface area (Å²) in [7, 11) is 0. The molecule has 0 saturated heterocycles. The van der Waals surface area contributed by atoms with Crippen molar-refractivity contribution >= 4 is 27.9 Å². The van der Waals surface area contributed by atoms with Gasteiger partial charge in [0, 0.05) is 6.08 Å². The first-order chi connectivity index (χ1) is 8.11. The highest BCUT2D eigenvalue weighted by molar-refractivity contribution is 9.12. The van der Waals surface area contributed by atoms with Crippen molar-refractivity contribution in [2.75, 3.05) is 13.2 Å². The van der Waals surface area contributed by atoms with E-state index in [2.05, 4.69) is 15.9 Å². The van der Waals surface area contributed by atoms with Crippen molar-refractivity contribution in [3.05, 3.63) is 10.6 Å². The predicted octanol–water partition coefficient (Wildman–Crippen LogP) is 2.95. The van der Waals surface area contributed by atoms with E-state index in [-0.39, 0.29) is 4.48 Å². The van der Waals surface area contributed by atoms with Crippen molar-refractivity contribution in [1.82, 2.24) is 0 Å². The molecule has 0 unspecified atom stereocenters. The van der Waals surface area contributed by atoms with Crippen LogP contribution in [0.1, 0.15) is 39.5 Å². The molecule has 0 heterocycles. The molecule has 0 aromatic rings. The van der Waals surface area contributed by atoms with Crippen molar-refractivity contribution < 1.29 is 19.1 Å². The van der Waals surface area contributed by atoms with Crippen LogP contribution in [0.5, 0.6) is 0 Å². The number of hydrogen-bond donors (Lipinski definition) is 0. The number of unbranched alkanes of at least 4 members (excludes halogenated alkanes) is 2. The lowest BCUT2D eigenvalue weighted by Crippen LogP contribution is -2.09. The Bertz CT molecular complexity index is 274. The molecule has 0 radical (unpaired) electrons. The molecule has 0 aromatic heterocycles. The second-order valence-electron chi connectivity index (χ2n) is 3.50. The lowest BCUT2D eigenvalue weighted by molar-refractivity contribution is -0.140. The topological polar surface area (TPSA) is 52.6 Å². The summed E-state index contributed by atoms with van der Waals surface area (Å²) in [6, 6.07) is 0. The summed E-state index contributed by atoms with van der Waals surface area (Å²) in [5.41, 5.74) is 0. The minimum absolute atomic E-state index is 0.0927. The largest absolute Gasteiger partial charge is 0.462 e. The molecule has 0 aliphatic carbocycles. The van der Waals surface area contributed by atoms with Gasteiger partial charge in [-0.1, -0.05) is 26.7 Å². The van der Waals surface area contributed by atoms with Gasteiger partial charge in [0.1, 0.15) is 4.48 Å². The number of ether oxygens (including phenoxy) is 2. The van der Waals surface area contributed by atoms with Crippen LogP contribution in [0, 0.1) is 0 Å². The summed E-state index contributed by atoms with van der Waals surface area (Å²) in [4.78, 5) is 22.6. The zero-order valence-corrected chi connectivity index (χ0v) is 11.9. The first kappa shape index (κ1) is 16.2. The van der Waals surface area contributed by atoms with Gasteiger partial charge in [0.2, 0.25) is 0 Å². The summed E-state index contributed by atoms with van der Waals surface area (Å²) < 4.78 is 9.88. The standard InChI is InChI=1S/C12H19BrO4/c1-3-5-7-16-11(14)9-10(13)12(15)17-8-6-4-2/h9H,3-8H2,1-2H3. The quantitative estimate of drug-likeness (QED) is 0.393. The van der Waals surface area contributed by atoms with Crippen LogP contribution in [0.2, 0.25) is 0 Å². The van der Waals surface area contributed by atoms with Crippen molar-refractivity contribution in [2.45, 2.75) is 39.5 Å². The highest BCUT2D eigenvalue weighted by atomic mass is 79.9. The van der Waals surface area contributed by atoms with Crippen LogP contribution in [-0.2, 0) is 19.1 Å². The Morgan fingerprint density at radius 2 is 1.59 bits per heavy atom. The second kappa shape index (κ2) is 10.3. The van der Waals surface area contributed by atoms with Gasteiger partial charge >= 0.3 is 11.9 Å². The highest BCUT2D eigenvalue weighted by Crippen LogP contribution is 2.08. The molecule has 0 fully saturated rings. The van der Waals surface area contributed by atoms with E-state index >= 15 is 0 Å². The number of carbonyl (C=O) groups is 2. The van der Waals surface area contributed by atoms with E-state index in [1.807, 2.05) is 13.8 Å². The summed E-state index contributed by atoms with van der Waals surface area (Å²) in [5.74, 6) is -1.07. The lowest BCUT2D eigenvalue weighted by Gasteiger charge is -2.03. The van der Waals surface area contributed by atoms with Crippen molar-refractivity contribution in [2.24, 2.45) is 0 Å². The van der Waals surface area contributed by atoms with Gasteiger partial charge in [0.15, 0.2) is 0 Å². The molecule has 5 heteroatoms. The lowest BCUT2D eigenvalue weighted by atomic mass is 10.4. The SMILES string of the molecule is CCCCOC(=O)C=C(Br)C(=O)OCCCC. The van der Waals surface area contributed by atoms with E-state index in [4.69, 9.17) is 9.47 Å². The molecule has 4 nitrogen and oxygen atoms in total. The molecule has 0 aliphatic heterocycles. The van der Waals surface area contributed by atoms with E-state index in [1.165, 1.54) is 0 Å². The van der Waals surface area contributed by atoms with Gasteiger partial charge in [-0.2, -0.15) is 0 Å². The van der Waals surface area contributed by atoms with Gasteiger partial charge in [-0.3, -0.25) is 0 Å². The Labute approximate surface area is 110 Å². The molecule has 0 bridgehead atoms. The summed E-state index contributed by atoms with van der Waals surface area (Å²) in [5, 5.41) is 0. The maximum atomic E-state index is 11.3. The molecule has 0 rings (SSSR count). The fourth-order valence-corrected chi connectivity index (χ4v) is 1.20. The van der Waals surface area contributed by atoms with Crippen LogP contribution in [0.15, 0.2) is 10.6 Å². The number of carbonyl (C=O) groups excluding carboxylic acids is 2. The maximum absolute atomic E-state index is 11.3. The third kappa shape index (κ3) is 8.92. The number of rotatable bonds is 8. The summed E-state index contributed by atoms with van der Waals surface area (Å²) in [6.07, 6.45) is 4.64. The van der Waals surface area contributed by atoms with Gasteiger partial charge < -0.3 is 9.47 Å². The number of esters is 2. The maximum Gasteiger partial charge on any atom is 0.345 e. The Morgan fingerprint density at radius 3 is 2.12 bits per heavy atom. The van der Waals surface area contributed by atoms with Crippen LogP contribution >= 0.6 is 15.9 Å². The van der Waals surface area contributed by atoms with E-state index in [0.29, 0.717) is 13.2 Å². The normalized spacial score (nSPS) is 11.1. The molecule has 0 amide bonds. The average molecular weight is 307 g/mol. The molecular weight excluding hydrogens is 288 g/mol. The van der Waals surface area contributed by atoms with E-state index in [9.17, 15) is 9.59 Å². The van der Waals surface area contributed by atoms with Crippen LogP contribution < -0.4 is 0 Å². The van der Waals surface area contributed by atoms with Crippen LogP contribution in [-0.4, -0.2) is 25.2 Å². The van der Waals surface area contributed by atoms with Gasteiger partial charge in [-0.05, 0) is 28.8 Å². The minimum Gasteiger partial charge on any atom is -0.462 e. The van der Waals surface area contributed by atoms with Crippen LogP contribution in [0.4, 0.5) is 0 Å². The first-order valence-corrected chi connectivity index (χ1v) is 6.62. The number of halogens is 1. The molecule has 0 spiro atoms. The van der Waals surface area contributed by atoms with Gasteiger partial charge in [0.05, 0.1) is 13.2 Å². The van der Waals surface area contributed by atoms with E-state index < -0.39 is 11.9 Å². The molecule has 0 N–H and O–H groups in total. The fourth-order valence-electron chi connectivity index (χ4n) is 0.899. The molecular formula is C12H19BrO4. The highest BCUT2D eigenvalue weighted by Gasteiger charge is 2.10. The molecule has 0 saturated carbocycles. The van der Waals surface area contributed by atoms with Gasteiger partial charge in [-0.15, -0.1) is 0 Å². The van der Waals surface area contributed by atoms with Crippen molar-refractivity contribution in [1.29, 1.82) is 0 Å². The Balaban J connectivity index is 3.96. The molecule has 0 aromatic carbocycles. The van der Waals surface area contributed by atoms with Crippen molar-refractivity contribution in [3.63, 3.8) is 0 Å². The van der Waals surface area contributed by atoms with Gasteiger partial charge in [0.25, 0.3) is 0 Å². The molecule has 0 aliphatic rings. The smallest absolute Gasteiger partial charge is 0.345 e. The third-order valence-corrected chi connectivity index (χ3v) is 2.47. The Hall–Kier alpha value is -0.840. The third-order valence-electron chi connectivity index (χ3n) is 1.91. The van der Waals surface area contributed by atoms with Gasteiger partial charge in [-0.25, -0.2) is 9.59 Å². The molecule has 98 valence electrons. The Morgan fingerprint density at radius 1 is 1.06 bits per heavy atom. The summed E-state index contributed by atoms with van der Waals surface area (Å²) >= 11 is 2.99. The molecule has 17 heavy (non-hydrogen) atoms. The summed E-state index contributed by atoms with van der Waals surface area (Å²) in [6.45, 7) is 4.74. The first-order valence-electron chi connectivity index (χ1n) is 5.82. The van der Waals surface area contributed by atoms with Crippen molar-refractivity contribution in [3.8, 4) is 0 Å².